The molecule has 9 nitrogen and oxygen atoms in total. The Bertz CT molecular complexity index is 1130. The number of anilines is 1. The zero-order valence-electron chi connectivity index (χ0n) is 19.4. The summed E-state index contributed by atoms with van der Waals surface area (Å²) in [7, 11) is -1.73. The molecular formula is C23H32N4O5S. The minimum absolute atomic E-state index is 0.000201. The van der Waals surface area contributed by atoms with Crippen molar-refractivity contribution in [2.75, 3.05) is 38.2 Å². The van der Waals surface area contributed by atoms with Crippen molar-refractivity contribution in [2.45, 2.75) is 50.9 Å². The Labute approximate surface area is 195 Å². The summed E-state index contributed by atoms with van der Waals surface area (Å²) in [4.78, 5) is 15.5. The van der Waals surface area contributed by atoms with E-state index in [1.807, 2.05) is 17.0 Å². The Morgan fingerprint density at radius 2 is 1.79 bits per heavy atom. The van der Waals surface area contributed by atoms with Gasteiger partial charge in [-0.15, -0.1) is 0 Å². The van der Waals surface area contributed by atoms with Gasteiger partial charge in [-0.3, -0.25) is 4.79 Å². The average molecular weight is 477 g/mol. The molecule has 10 heteroatoms. The molecule has 0 N–H and O–H groups in total. The number of benzene rings is 1. The van der Waals surface area contributed by atoms with Crippen molar-refractivity contribution >= 4 is 15.7 Å². The first-order chi connectivity index (χ1) is 15.8. The fraction of sp³-hybridized carbons (Fsp3) is 0.565. The van der Waals surface area contributed by atoms with Crippen LogP contribution in [0.15, 0.2) is 35.3 Å². The molecule has 2 fully saturated rings. The maximum atomic E-state index is 13.5. The fourth-order valence-electron chi connectivity index (χ4n) is 4.35. The minimum atomic E-state index is -3.31. The summed E-state index contributed by atoms with van der Waals surface area (Å²) in [5.41, 5.74) is 0.882. The van der Waals surface area contributed by atoms with Crippen LogP contribution in [0.1, 0.15) is 39.5 Å². The second-order valence-corrected chi connectivity index (χ2v) is 11.3. The van der Waals surface area contributed by atoms with Gasteiger partial charge >= 0.3 is 5.56 Å². The van der Waals surface area contributed by atoms with E-state index in [2.05, 4.69) is 5.10 Å². The van der Waals surface area contributed by atoms with Gasteiger partial charge < -0.3 is 14.4 Å². The van der Waals surface area contributed by atoms with Crippen LogP contribution >= 0.6 is 0 Å². The zero-order valence-corrected chi connectivity index (χ0v) is 20.3. The number of ether oxygens (including phenoxy) is 2. The molecule has 1 aromatic heterocycles. The van der Waals surface area contributed by atoms with Crippen LogP contribution in [0, 0.1) is 0 Å². The number of piperazine rings is 1. The van der Waals surface area contributed by atoms with E-state index < -0.39 is 15.3 Å². The van der Waals surface area contributed by atoms with Crippen LogP contribution in [-0.2, 0) is 10.0 Å². The molecule has 0 bridgehead atoms. The highest BCUT2D eigenvalue weighted by molar-refractivity contribution is 7.89. The van der Waals surface area contributed by atoms with Gasteiger partial charge in [0.1, 0.15) is 11.4 Å². The van der Waals surface area contributed by atoms with Crippen LogP contribution < -0.4 is 19.9 Å². The third kappa shape index (κ3) is 4.86. The summed E-state index contributed by atoms with van der Waals surface area (Å²) in [5, 5.41) is 3.97. The van der Waals surface area contributed by atoms with Crippen LogP contribution in [0.4, 0.5) is 5.69 Å². The van der Waals surface area contributed by atoms with Crippen LogP contribution in [-0.4, -0.2) is 67.1 Å². The Morgan fingerprint density at radius 1 is 1.09 bits per heavy atom. The van der Waals surface area contributed by atoms with E-state index in [-0.39, 0.29) is 17.4 Å². The van der Waals surface area contributed by atoms with Crippen LogP contribution in [0.3, 0.4) is 0 Å². The fourth-order valence-corrected chi connectivity index (χ4v) is 5.61. The van der Waals surface area contributed by atoms with E-state index in [4.69, 9.17) is 9.47 Å². The normalized spacial score (nSPS) is 18.1. The first kappa shape index (κ1) is 23.6. The van der Waals surface area contributed by atoms with Crippen molar-refractivity contribution in [3.05, 3.63) is 40.8 Å². The van der Waals surface area contributed by atoms with Crippen LogP contribution in [0.5, 0.6) is 11.5 Å². The van der Waals surface area contributed by atoms with Gasteiger partial charge in [0.25, 0.3) is 0 Å². The van der Waals surface area contributed by atoms with E-state index in [1.165, 1.54) is 8.99 Å². The number of hydrogen-bond donors (Lipinski definition) is 0. The topological polar surface area (TPSA) is 94.0 Å². The molecule has 1 aromatic carbocycles. The number of methoxy groups -OCH3 is 1. The van der Waals surface area contributed by atoms with Crippen LogP contribution in [0.2, 0.25) is 0 Å². The monoisotopic (exact) mass is 476 g/mol. The van der Waals surface area contributed by atoms with Crippen LogP contribution in [0.25, 0.3) is 5.69 Å². The molecule has 2 aliphatic rings. The first-order valence-corrected chi connectivity index (χ1v) is 13.0. The molecule has 1 saturated heterocycles. The van der Waals surface area contributed by atoms with E-state index in [9.17, 15) is 13.2 Å². The molecule has 0 atom stereocenters. The van der Waals surface area contributed by atoms with Gasteiger partial charge in [-0.25, -0.2) is 8.42 Å². The Morgan fingerprint density at radius 3 is 2.42 bits per heavy atom. The van der Waals surface area contributed by atoms with Gasteiger partial charge in [-0.2, -0.15) is 14.1 Å². The van der Waals surface area contributed by atoms with Crippen molar-refractivity contribution in [2.24, 2.45) is 0 Å². The summed E-state index contributed by atoms with van der Waals surface area (Å²) < 4.78 is 39.5. The molecule has 0 amide bonds. The molecule has 0 unspecified atom stereocenters. The molecular weight excluding hydrogens is 444 g/mol. The second-order valence-electron chi connectivity index (χ2n) is 8.78. The molecule has 1 aliphatic heterocycles. The van der Waals surface area contributed by atoms with E-state index >= 15 is 0 Å². The lowest BCUT2D eigenvalue weighted by Gasteiger charge is -2.36. The van der Waals surface area contributed by atoms with E-state index in [0.717, 1.165) is 25.7 Å². The van der Waals surface area contributed by atoms with Crippen molar-refractivity contribution in [1.82, 2.24) is 14.1 Å². The van der Waals surface area contributed by atoms with Gasteiger partial charge in [0.2, 0.25) is 15.8 Å². The highest BCUT2D eigenvalue weighted by atomic mass is 32.2. The number of rotatable bonds is 7. The zero-order chi connectivity index (χ0) is 23.6. The number of sulfonamides is 1. The summed E-state index contributed by atoms with van der Waals surface area (Å²) >= 11 is 0. The summed E-state index contributed by atoms with van der Waals surface area (Å²) in [6.07, 6.45) is 5.65. The second kappa shape index (κ2) is 9.72. The molecule has 2 aromatic rings. The molecule has 180 valence electrons. The third-order valence-corrected chi connectivity index (χ3v) is 8.61. The largest absolute Gasteiger partial charge is 0.497 e. The average Bonchev–Trinajstić information content (AvgIpc) is 3.33. The van der Waals surface area contributed by atoms with Gasteiger partial charge in [0, 0.05) is 32.2 Å². The number of hydrogen-bond acceptors (Lipinski definition) is 7. The molecule has 33 heavy (non-hydrogen) atoms. The maximum Gasteiger partial charge on any atom is 0.316 e. The Balaban J connectivity index is 1.66. The van der Waals surface area contributed by atoms with Gasteiger partial charge in [-0.05, 0) is 51.7 Å². The van der Waals surface area contributed by atoms with Crippen molar-refractivity contribution in [1.29, 1.82) is 0 Å². The standard InChI is InChI=1S/C23H32N4O5S/c1-17(2)33(29,30)26-13-11-25(12-14-26)21-16-24-27(18-7-6-10-20(15-18)31-3)23(28)22(21)32-19-8-4-5-9-19/h6-7,10,15-17,19H,4-5,8-9,11-14H2,1-3H3. The highest BCUT2D eigenvalue weighted by Gasteiger charge is 2.31. The van der Waals surface area contributed by atoms with Gasteiger partial charge in [-0.1, -0.05) is 6.07 Å². The predicted molar refractivity (Wildman–Crippen MR) is 127 cm³/mol. The molecule has 0 spiro atoms. The Kier molecular flexibility index (Phi) is 6.94. The van der Waals surface area contributed by atoms with Crippen molar-refractivity contribution in [3.63, 3.8) is 0 Å². The van der Waals surface area contributed by atoms with Gasteiger partial charge in [0.15, 0.2) is 0 Å². The first-order valence-electron chi connectivity index (χ1n) is 11.5. The summed E-state index contributed by atoms with van der Waals surface area (Å²) in [6.45, 7) is 5.05. The molecule has 2 heterocycles. The highest BCUT2D eigenvalue weighted by Crippen LogP contribution is 2.30. The third-order valence-electron chi connectivity index (χ3n) is 6.33. The molecule has 1 aliphatic carbocycles. The van der Waals surface area contributed by atoms with Crippen molar-refractivity contribution < 1.29 is 17.9 Å². The smallest absolute Gasteiger partial charge is 0.316 e. The van der Waals surface area contributed by atoms with Gasteiger partial charge in [0.05, 0.1) is 30.3 Å². The lowest BCUT2D eigenvalue weighted by molar-refractivity contribution is 0.205. The maximum absolute atomic E-state index is 13.5. The van der Waals surface area contributed by atoms with E-state index in [0.29, 0.717) is 43.3 Å². The lowest BCUT2D eigenvalue weighted by Crippen LogP contribution is -2.50. The predicted octanol–water partition coefficient (Wildman–Crippen LogP) is 2.42. The lowest BCUT2D eigenvalue weighted by atomic mass is 10.2. The summed E-state index contributed by atoms with van der Waals surface area (Å²) in [6, 6.07) is 7.17. The number of nitrogens with zero attached hydrogens (tertiary/aromatic N) is 4. The van der Waals surface area contributed by atoms with Crippen molar-refractivity contribution in [3.8, 4) is 17.2 Å². The molecule has 4 rings (SSSR count). The molecule has 0 radical (unpaired) electrons. The molecule has 1 saturated carbocycles. The Hall–Kier alpha value is -2.59. The quantitative estimate of drug-likeness (QED) is 0.606. The van der Waals surface area contributed by atoms with E-state index in [1.54, 1.807) is 39.3 Å². The number of aromatic nitrogens is 2. The SMILES string of the molecule is COc1cccc(-n2ncc(N3CCN(S(=O)(=O)C(C)C)CC3)c(OC3CCCC3)c2=O)c1. The summed E-state index contributed by atoms with van der Waals surface area (Å²) in [5.74, 6) is 0.908. The minimum Gasteiger partial charge on any atom is -0.497 e.